The van der Waals surface area contributed by atoms with Crippen molar-refractivity contribution in [3.8, 4) is 21.8 Å². The summed E-state index contributed by atoms with van der Waals surface area (Å²) in [6.45, 7) is 0. The van der Waals surface area contributed by atoms with Gasteiger partial charge >= 0.3 is 0 Å². The number of thiophene rings is 1. The van der Waals surface area contributed by atoms with Gasteiger partial charge in [0.15, 0.2) is 6.26 Å². The molecule has 0 spiro atoms. The predicted molar refractivity (Wildman–Crippen MR) is 60.8 cm³/mol. The number of rotatable bonds is 2. The first-order valence-electron chi connectivity index (χ1n) is 4.71. The molecule has 0 unspecified atom stereocenters. The van der Waals surface area contributed by atoms with Gasteiger partial charge in [-0.15, -0.1) is 16.4 Å². The number of aromatic nitrogens is 3. The van der Waals surface area contributed by atoms with Gasteiger partial charge in [-0.1, -0.05) is 6.07 Å². The van der Waals surface area contributed by atoms with Crippen LogP contribution in [-0.4, -0.2) is 15.4 Å². The summed E-state index contributed by atoms with van der Waals surface area (Å²) in [5.41, 5.74) is 2.72. The molecule has 0 aliphatic carbocycles. The first-order chi connectivity index (χ1) is 7.93. The highest BCUT2D eigenvalue weighted by molar-refractivity contribution is 7.14. The molecule has 0 amide bonds. The molecule has 3 rings (SSSR count). The Morgan fingerprint density at radius 3 is 2.94 bits per heavy atom. The molecule has 0 aromatic carbocycles. The van der Waals surface area contributed by atoms with Gasteiger partial charge in [0.2, 0.25) is 0 Å². The number of pyridine rings is 1. The maximum absolute atomic E-state index is 4.71. The van der Waals surface area contributed by atoms with Gasteiger partial charge < -0.3 is 4.52 Å². The molecule has 16 heavy (non-hydrogen) atoms. The Kier molecular flexibility index (Phi) is 2.23. The molecule has 0 aliphatic heterocycles. The molecule has 3 heterocycles. The van der Waals surface area contributed by atoms with Gasteiger partial charge in [-0.2, -0.15) is 0 Å². The number of hydrogen-bond acceptors (Lipinski definition) is 5. The lowest BCUT2D eigenvalue weighted by atomic mass is 10.2. The van der Waals surface area contributed by atoms with Crippen molar-refractivity contribution in [3.63, 3.8) is 0 Å². The highest BCUT2D eigenvalue weighted by Crippen LogP contribution is 2.30. The third kappa shape index (κ3) is 1.61. The van der Waals surface area contributed by atoms with E-state index in [-0.39, 0.29) is 0 Å². The lowest BCUT2D eigenvalue weighted by molar-refractivity contribution is 0.393. The molecular formula is C11H7N3OS. The molecule has 5 heteroatoms. The van der Waals surface area contributed by atoms with Crippen LogP contribution in [0.4, 0.5) is 0 Å². The van der Waals surface area contributed by atoms with Crippen molar-refractivity contribution < 1.29 is 4.52 Å². The standard InChI is InChI=1S/C11H7N3OS/c1-2-4-12-9(3-1)11-5-8(7-16-11)10-6-15-14-13-10/h1-7H. The lowest BCUT2D eigenvalue weighted by Gasteiger charge is -1.92. The summed E-state index contributed by atoms with van der Waals surface area (Å²) in [6.07, 6.45) is 3.32. The van der Waals surface area contributed by atoms with Crippen molar-refractivity contribution in [1.82, 2.24) is 15.4 Å². The predicted octanol–water partition coefficient (Wildman–Crippen LogP) is 2.86. The number of hydrogen-bond donors (Lipinski definition) is 0. The summed E-state index contributed by atoms with van der Waals surface area (Å²) < 4.78 is 4.71. The molecule has 0 bridgehead atoms. The zero-order valence-corrected chi connectivity index (χ0v) is 9.02. The minimum absolute atomic E-state index is 0.749. The van der Waals surface area contributed by atoms with E-state index in [9.17, 15) is 0 Å². The molecule has 0 radical (unpaired) electrons. The van der Waals surface area contributed by atoms with Gasteiger partial charge in [0, 0.05) is 22.4 Å². The van der Waals surface area contributed by atoms with Crippen molar-refractivity contribution in [2.24, 2.45) is 0 Å². The Bertz CT molecular complexity index is 574. The van der Waals surface area contributed by atoms with Crippen LogP contribution in [-0.2, 0) is 0 Å². The first-order valence-corrected chi connectivity index (χ1v) is 5.59. The van der Waals surface area contributed by atoms with Crippen molar-refractivity contribution in [3.05, 3.63) is 42.1 Å². The minimum atomic E-state index is 0.749. The van der Waals surface area contributed by atoms with Crippen molar-refractivity contribution in [1.29, 1.82) is 0 Å². The molecule has 3 aromatic heterocycles. The van der Waals surface area contributed by atoms with E-state index >= 15 is 0 Å². The van der Waals surface area contributed by atoms with E-state index in [1.165, 1.54) is 6.26 Å². The van der Waals surface area contributed by atoms with Crippen LogP contribution in [0.15, 0.2) is 46.6 Å². The molecule has 0 saturated carbocycles. The maximum atomic E-state index is 4.71. The Labute approximate surface area is 95.6 Å². The van der Waals surface area contributed by atoms with Crippen LogP contribution in [0.3, 0.4) is 0 Å². The fourth-order valence-corrected chi connectivity index (χ4v) is 2.28. The van der Waals surface area contributed by atoms with Gasteiger partial charge in [0.25, 0.3) is 0 Å². The van der Waals surface area contributed by atoms with E-state index < -0.39 is 0 Å². The summed E-state index contributed by atoms with van der Waals surface area (Å²) in [7, 11) is 0. The fraction of sp³-hybridized carbons (Fsp3) is 0. The average Bonchev–Trinajstić information content (AvgIpc) is 3.01. The maximum Gasteiger partial charge on any atom is 0.152 e. The van der Waals surface area contributed by atoms with Crippen LogP contribution >= 0.6 is 11.3 Å². The fourth-order valence-electron chi connectivity index (χ4n) is 1.40. The largest absolute Gasteiger partial charge is 0.345 e. The molecule has 4 nitrogen and oxygen atoms in total. The molecule has 0 saturated heterocycles. The summed E-state index contributed by atoms with van der Waals surface area (Å²) in [5, 5.41) is 9.33. The monoisotopic (exact) mass is 229 g/mol. The quantitative estimate of drug-likeness (QED) is 0.678. The van der Waals surface area contributed by atoms with Gasteiger partial charge in [0.1, 0.15) is 5.69 Å². The van der Waals surface area contributed by atoms with E-state index in [0.29, 0.717) is 0 Å². The Balaban J connectivity index is 2.00. The van der Waals surface area contributed by atoms with Gasteiger partial charge in [-0.05, 0) is 18.2 Å². The minimum Gasteiger partial charge on any atom is -0.345 e. The zero-order chi connectivity index (χ0) is 10.8. The molecule has 78 valence electrons. The van der Waals surface area contributed by atoms with Crippen molar-refractivity contribution in [2.45, 2.75) is 0 Å². The van der Waals surface area contributed by atoms with E-state index in [2.05, 4.69) is 15.4 Å². The van der Waals surface area contributed by atoms with E-state index in [1.54, 1.807) is 17.5 Å². The second kappa shape index (κ2) is 3.86. The summed E-state index contributed by atoms with van der Waals surface area (Å²) >= 11 is 1.63. The third-order valence-corrected chi connectivity index (χ3v) is 3.13. The third-order valence-electron chi connectivity index (χ3n) is 2.17. The average molecular weight is 229 g/mol. The highest BCUT2D eigenvalue weighted by Gasteiger charge is 2.07. The number of nitrogens with zero attached hydrogens (tertiary/aromatic N) is 3. The second-order valence-electron chi connectivity index (χ2n) is 3.20. The smallest absolute Gasteiger partial charge is 0.152 e. The van der Waals surface area contributed by atoms with Crippen LogP contribution in [0.1, 0.15) is 0 Å². The zero-order valence-electron chi connectivity index (χ0n) is 8.20. The Hall–Kier alpha value is -2.01. The van der Waals surface area contributed by atoms with E-state index in [1.807, 2.05) is 29.6 Å². The summed E-state index contributed by atoms with van der Waals surface area (Å²) in [4.78, 5) is 5.40. The van der Waals surface area contributed by atoms with Crippen LogP contribution in [0.25, 0.3) is 21.8 Å². The van der Waals surface area contributed by atoms with Crippen LogP contribution in [0, 0.1) is 0 Å². The topological polar surface area (TPSA) is 51.8 Å². The molecule has 0 fully saturated rings. The molecular weight excluding hydrogens is 222 g/mol. The van der Waals surface area contributed by atoms with Crippen LogP contribution in [0.2, 0.25) is 0 Å². The van der Waals surface area contributed by atoms with E-state index in [4.69, 9.17) is 4.52 Å². The lowest BCUT2D eigenvalue weighted by Crippen LogP contribution is -1.76. The molecule has 0 atom stereocenters. The SMILES string of the molecule is c1ccc(-c2cc(-c3conn3)cs2)nc1. The van der Waals surface area contributed by atoms with Gasteiger partial charge in [-0.3, -0.25) is 4.98 Å². The normalized spacial score (nSPS) is 10.5. The second-order valence-corrected chi connectivity index (χ2v) is 4.12. The highest BCUT2D eigenvalue weighted by atomic mass is 32.1. The summed E-state index contributed by atoms with van der Waals surface area (Å²) in [5.74, 6) is 0. The van der Waals surface area contributed by atoms with Gasteiger partial charge in [-0.25, -0.2) is 0 Å². The molecule has 0 N–H and O–H groups in total. The van der Waals surface area contributed by atoms with Crippen LogP contribution in [0.5, 0.6) is 0 Å². The van der Waals surface area contributed by atoms with E-state index in [0.717, 1.165) is 21.8 Å². The van der Waals surface area contributed by atoms with Gasteiger partial charge in [0.05, 0.1) is 10.6 Å². The molecule has 3 aromatic rings. The van der Waals surface area contributed by atoms with Crippen LogP contribution < -0.4 is 0 Å². The first kappa shape index (κ1) is 9.23. The summed E-state index contributed by atoms with van der Waals surface area (Å²) in [6, 6.07) is 7.89. The van der Waals surface area contributed by atoms with Crippen molar-refractivity contribution in [2.75, 3.05) is 0 Å². The molecule has 0 aliphatic rings. The Morgan fingerprint density at radius 2 is 2.19 bits per heavy atom. The Morgan fingerprint density at radius 1 is 1.19 bits per heavy atom. The van der Waals surface area contributed by atoms with Crippen molar-refractivity contribution >= 4 is 11.3 Å².